The predicted molar refractivity (Wildman–Crippen MR) is 55.2 cm³/mol. The summed E-state index contributed by atoms with van der Waals surface area (Å²) < 4.78 is 4.75. The zero-order chi connectivity index (χ0) is 8.69. The van der Waals surface area contributed by atoms with E-state index in [2.05, 4.69) is 8.93 Å². The highest BCUT2D eigenvalue weighted by Gasteiger charge is 2.04. The van der Waals surface area contributed by atoms with Crippen LogP contribution in [0.1, 0.15) is 13.3 Å². The number of carbonyl (C=O) groups excluding carboxylic acids is 1. The van der Waals surface area contributed by atoms with Crippen LogP contribution in [-0.4, -0.2) is 18.7 Å². The number of hydrogen-bond acceptors (Lipinski definition) is 3. The minimum Gasteiger partial charge on any atom is -0.466 e. The second-order valence-electron chi connectivity index (χ2n) is 1.88. The van der Waals surface area contributed by atoms with Gasteiger partial charge in [-0.05, 0) is 20.8 Å². The van der Waals surface area contributed by atoms with Gasteiger partial charge in [0.1, 0.15) is 0 Å². The van der Waals surface area contributed by atoms with Crippen molar-refractivity contribution >= 4 is 30.6 Å². The maximum atomic E-state index is 10.8. The molecule has 0 aromatic rings. The van der Waals surface area contributed by atoms with Crippen LogP contribution < -0.4 is 5.50 Å². The quantitative estimate of drug-likeness (QED) is 0.558. The van der Waals surface area contributed by atoms with Gasteiger partial charge in [0, 0.05) is 0 Å². The van der Waals surface area contributed by atoms with Crippen LogP contribution in [0.4, 0.5) is 0 Å². The summed E-state index contributed by atoms with van der Waals surface area (Å²) in [4.78, 5) is 10.8. The van der Waals surface area contributed by atoms with Gasteiger partial charge in [-0.1, -0.05) is 7.96 Å². The second kappa shape index (κ2) is 7.37. The van der Waals surface area contributed by atoms with Crippen molar-refractivity contribution in [3.63, 3.8) is 0 Å². The first-order valence-corrected chi connectivity index (χ1v) is 8.59. The SMILES string of the molecule is CCOC(=O)CCP(N)PP. The summed E-state index contributed by atoms with van der Waals surface area (Å²) >= 11 is 0. The van der Waals surface area contributed by atoms with Crippen molar-refractivity contribution in [1.82, 2.24) is 0 Å². The monoisotopic (exact) mass is 213 g/mol. The van der Waals surface area contributed by atoms with E-state index in [0.717, 1.165) is 6.16 Å². The van der Waals surface area contributed by atoms with Crippen LogP contribution in [0.3, 0.4) is 0 Å². The average molecular weight is 213 g/mol. The Labute approximate surface area is 72.4 Å². The first-order valence-electron chi connectivity index (χ1n) is 3.34. The number of nitrogens with two attached hydrogens (primary N) is 1. The molecule has 0 rings (SSSR count). The molecule has 0 saturated carbocycles. The van der Waals surface area contributed by atoms with Gasteiger partial charge in [-0.3, -0.25) is 4.79 Å². The fourth-order valence-electron chi connectivity index (χ4n) is 0.509. The summed E-state index contributed by atoms with van der Waals surface area (Å²) in [6, 6.07) is 0. The molecule has 0 aromatic heterocycles. The van der Waals surface area contributed by atoms with E-state index in [1.807, 2.05) is 0 Å². The van der Waals surface area contributed by atoms with Gasteiger partial charge in [0.2, 0.25) is 0 Å². The third-order valence-corrected chi connectivity index (χ3v) is 6.72. The maximum Gasteiger partial charge on any atom is 0.306 e. The van der Waals surface area contributed by atoms with E-state index in [-0.39, 0.29) is 5.97 Å². The van der Waals surface area contributed by atoms with Gasteiger partial charge in [0.05, 0.1) is 13.0 Å². The molecule has 3 unspecified atom stereocenters. The van der Waals surface area contributed by atoms with Crippen molar-refractivity contribution in [3.8, 4) is 0 Å². The van der Waals surface area contributed by atoms with Crippen molar-refractivity contribution in [2.45, 2.75) is 13.3 Å². The highest BCUT2D eigenvalue weighted by atomic mass is 32.4. The standard InChI is InChI=1S/C5H14NO2P3/c1-2-8-5(7)3-4-11(6)10-9/h10H,2-4,6,9H2,1H3. The summed E-state index contributed by atoms with van der Waals surface area (Å²) in [6.45, 7) is 2.27. The first kappa shape index (κ1) is 11.7. The van der Waals surface area contributed by atoms with Crippen molar-refractivity contribution in [2.75, 3.05) is 12.8 Å². The van der Waals surface area contributed by atoms with E-state index in [4.69, 9.17) is 10.2 Å². The largest absolute Gasteiger partial charge is 0.466 e. The van der Waals surface area contributed by atoms with Crippen molar-refractivity contribution < 1.29 is 9.53 Å². The molecule has 0 amide bonds. The Kier molecular flexibility index (Phi) is 7.86. The van der Waals surface area contributed by atoms with Gasteiger partial charge in [0.25, 0.3) is 0 Å². The molecule has 6 heteroatoms. The third-order valence-electron chi connectivity index (χ3n) is 1.03. The zero-order valence-corrected chi connectivity index (χ0v) is 9.59. The lowest BCUT2D eigenvalue weighted by Crippen LogP contribution is -2.05. The number of ether oxygens (including phenoxy) is 1. The molecule has 0 spiro atoms. The van der Waals surface area contributed by atoms with Crippen LogP contribution in [0.25, 0.3) is 0 Å². The number of carbonyl (C=O) groups is 1. The van der Waals surface area contributed by atoms with Gasteiger partial charge in [-0.15, -0.1) is 8.93 Å². The summed E-state index contributed by atoms with van der Waals surface area (Å²) in [5, 5.41) is 0. The summed E-state index contributed by atoms with van der Waals surface area (Å²) in [6.07, 6.45) is 1.26. The van der Waals surface area contributed by atoms with E-state index in [0.29, 0.717) is 21.0 Å². The summed E-state index contributed by atoms with van der Waals surface area (Å²) in [5.74, 6) is -0.131. The Hall–Kier alpha value is 0.720. The van der Waals surface area contributed by atoms with Crippen LogP contribution in [0.15, 0.2) is 0 Å². The molecule has 0 aliphatic rings. The van der Waals surface area contributed by atoms with E-state index < -0.39 is 7.76 Å². The van der Waals surface area contributed by atoms with Gasteiger partial charge in [0.15, 0.2) is 0 Å². The van der Waals surface area contributed by atoms with E-state index in [1.165, 1.54) is 0 Å². The molecule has 3 atom stereocenters. The van der Waals surface area contributed by atoms with E-state index >= 15 is 0 Å². The molecule has 0 heterocycles. The number of esters is 1. The van der Waals surface area contributed by atoms with Crippen LogP contribution in [0.5, 0.6) is 0 Å². The normalized spacial score (nSPS) is 13.7. The van der Waals surface area contributed by atoms with Crippen LogP contribution in [0, 0.1) is 0 Å². The Morgan fingerprint density at radius 1 is 1.82 bits per heavy atom. The fraction of sp³-hybridized carbons (Fsp3) is 0.800. The van der Waals surface area contributed by atoms with Gasteiger partial charge in [-0.25, -0.2) is 0 Å². The van der Waals surface area contributed by atoms with E-state index in [9.17, 15) is 4.79 Å². The second-order valence-corrected chi connectivity index (χ2v) is 8.34. The highest BCUT2D eigenvalue weighted by molar-refractivity contribution is 8.44. The fourth-order valence-corrected chi connectivity index (χ4v) is 2.95. The lowest BCUT2D eigenvalue weighted by Gasteiger charge is -2.06. The third kappa shape index (κ3) is 7.09. The minimum atomic E-state index is -0.432. The molecule has 0 aliphatic heterocycles. The van der Waals surface area contributed by atoms with Crippen LogP contribution in [0.2, 0.25) is 0 Å². The molecule has 66 valence electrons. The maximum absolute atomic E-state index is 10.8. The van der Waals surface area contributed by atoms with E-state index in [1.54, 1.807) is 6.92 Å². The Balaban J connectivity index is 3.30. The zero-order valence-electron chi connectivity index (χ0n) is 6.54. The smallest absolute Gasteiger partial charge is 0.306 e. The van der Waals surface area contributed by atoms with Crippen molar-refractivity contribution in [1.29, 1.82) is 0 Å². The van der Waals surface area contributed by atoms with Crippen molar-refractivity contribution in [2.24, 2.45) is 5.50 Å². The van der Waals surface area contributed by atoms with Gasteiger partial charge < -0.3 is 10.2 Å². The molecule has 0 aliphatic carbocycles. The summed E-state index contributed by atoms with van der Waals surface area (Å²) in [7, 11) is 2.86. The molecule has 2 N–H and O–H groups in total. The molecule has 0 aromatic carbocycles. The van der Waals surface area contributed by atoms with Gasteiger partial charge >= 0.3 is 5.97 Å². The topological polar surface area (TPSA) is 52.3 Å². The summed E-state index contributed by atoms with van der Waals surface area (Å²) in [5.41, 5.74) is 5.67. The van der Waals surface area contributed by atoms with Crippen molar-refractivity contribution in [3.05, 3.63) is 0 Å². The molecule has 0 radical (unpaired) electrons. The van der Waals surface area contributed by atoms with Crippen LogP contribution >= 0.6 is 24.6 Å². The molecule has 0 saturated heterocycles. The van der Waals surface area contributed by atoms with Crippen LogP contribution in [-0.2, 0) is 9.53 Å². The molecule has 11 heavy (non-hydrogen) atoms. The molecular weight excluding hydrogens is 199 g/mol. The first-order chi connectivity index (χ1) is 5.20. The lowest BCUT2D eigenvalue weighted by molar-refractivity contribution is -0.142. The highest BCUT2D eigenvalue weighted by Crippen LogP contribution is 2.53. The lowest BCUT2D eigenvalue weighted by atomic mass is 10.5. The Morgan fingerprint density at radius 2 is 2.45 bits per heavy atom. The molecule has 3 nitrogen and oxygen atoms in total. The molecule has 0 bridgehead atoms. The van der Waals surface area contributed by atoms with Gasteiger partial charge in [-0.2, -0.15) is 0 Å². The molecule has 0 fully saturated rings. The predicted octanol–water partition coefficient (Wildman–Crippen LogP) is 1.68. The number of hydrogen-bond donors (Lipinski definition) is 1. The number of rotatable bonds is 5. The minimum absolute atomic E-state index is 0.131. The average Bonchev–Trinajstić information content (AvgIpc) is 2.01. The Bertz CT molecular complexity index is 122. The Morgan fingerprint density at radius 3 is 2.91 bits per heavy atom. The molecular formula is C5H14NO2P3.